The molecule has 7 heteroatoms. The third-order valence-corrected chi connectivity index (χ3v) is 3.18. The van der Waals surface area contributed by atoms with Gasteiger partial charge in [-0.1, -0.05) is 30.9 Å². The second-order valence-electron chi connectivity index (χ2n) is 4.81. The first-order valence-electron chi connectivity index (χ1n) is 6.47. The summed E-state index contributed by atoms with van der Waals surface area (Å²) in [6.45, 7) is 3.56. The molecule has 0 aromatic heterocycles. The summed E-state index contributed by atoms with van der Waals surface area (Å²) in [6.07, 6.45) is -8.14. The first kappa shape index (κ1) is 17.2. The SMILES string of the molecule is C=Cc1ccc([B-]c2ccc(C(F)(F)F)cc2C(F)(F)F)cc1. The molecule has 0 fully saturated rings. The second-order valence-corrected chi connectivity index (χ2v) is 4.81. The summed E-state index contributed by atoms with van der Waals surface area (Å²) in [5, 5.41) is 0. The van der Waals surface area contributed by atoms with E-state index in [1.165, 1.54) is 7.28 Å². The van der Waals surface area contributed by atoms with Gasteiger partial charge in [0.05, 0.1) is 5.56 Å². The maximum Gasteiger partial charge on any atom is 0.416 e. The quantitative estimate of drug-likeness (QED) is 0.590. The van der Waals surface area contributed by atoms with Crippen LogP contribution in [0.4, 0.5) is 26.3 Å². The summed E-state index contributed by atoms with van der Waals surface area (Å²) in [6, 6.07) is 8.02. The number of rotatable bonds is 3. The van der Waals surface area contributed by atoms with E-state index in [4.69, 9.17) is 0 Å². The fourth-order valence-electron chi connectivity index (χ4n) is 2.01. The van der Waals surface area contributed by atoms with Gasteiger partial charge >= 0.3 is 12.4 Å². The number of alkyl halides is 6. The Morgan fingerprint density at radius 3 is 1.91 bits per heavy atom. The van der Waals surface area contributed by atoms with E-state index in [-0.39, 0.29) is 11.5 Å². The smallest absolute Gasteiger partial charge is 0.275 e. The Morgan fingerprint density at radius 2 is 1.43 bits per heavy atom. The van der Waals surface area contributed by atoms with Gasteiger partial charge in [0.15, 0.2) is 0 Å². The first-order chi connectivity index (χ1) is 10.6. The van der Waals surface area contributed by atoms with Crippen molar-refractivity contribution in [2.75, 3.05) is 0 Å². The van der Waals surface area contributed by atoms with Crippen molar-refractivity contribution in [1.29, 1.82) is 0 Å². The molecule has 0 N–H and O–H groups in total. The van der Waals surface area contributed by atoms with Gasteiger partial charge in [-0.25, -0.2) is 0 Å². The Hall–Kier alpha value is -2.18. The number of benzene rings is 2. The van der Waals surface area contributed by atoms with Crippen LogP contribution in [0.25, 0.3) is 6.08 Å². The number of halogens is 6. The average Bonchev–Trinajstić information content (AvgIpc) is 2.46. The van der Waals surface area contributed by atoms with E-state index in [2.05, 4.69) is 6.58 Å². The van der Waals surface area contributed by atoms with Crippen molar-refractivity contribution in [1.82, 2.24) is 0 Å². The van der Waals surface area contributed by atoms with Gasteiger partial charge in [-0.05, 0) is 11.6 Å². The fraction of sp³-hybridized carbons (Fsp3) is 0.125. The molecule has 0 saturated carbocycles. The molecule has 0 amide bonds. The lowest BCUT2D eigenvalue weighted by atomic mass is 9.62. The summed E-state index contributed by atoms with van der Waals surface area (Å²) in [7, 11) is 1.19. The van der Waals surface area contributed by atoms with Crippen LogP contribution in [0, 0.1) is 0 Å². The van der Waals surface area contributed by atoms with Gasteiger partial charge in [-0.2, -0.15) is 26.3 Å². The molecule has 23 heavy (non-hydrogen) atoms. The van der Waals surface area contributed by atoms with Crippen LogP contribution in [0.1, 0.15) is 16.7 Å². The average molecular weight is 327 g/mol. The molecule has 0 unspecified atom stereocenters. The summed E-state index contributed by atoms with van der Waals surface area (Å²) >= 11 is 0. The Morgan fingerprint density at radius 1 is 0.826 bits per heavy atom. The third kappa shape index (κ3) is 4.18. The van der Waals surface area contributed by atoms with Crippen LogP contribution < -0.4 is 10.9 Å². The van der Waals surface area contributed by atoms with Crippen molar-refractivity contribution in [2.45, 2.75) is 12.4 Å². The zero-order valence-corrected chi connectivity index (χ0v) is 11.7. The van der Waals surface area contributed by atoms with Gasteiger partial charge in [0.2, 0.25) is 0 Å². The molecule has 0 bridgehead atoms. The molecule has 120 valence electrons. The highest BCUT2D eigenvalue weighted by Crippen LogP contribution is 2.34. The zero-order chi connectivity index (χ0) is 17.3. The predicted octanol–water partition coefficient (Wildman–Crippen LogP) is 4.02. The maximum atomic E-state index is 13.0. The molecule has 2 rings (SSSR count). The topological polar surface area (TPSA) is 0 Å². The van der Waals surface area contributed by atoms with Crippen LogP contribution in [0.2, 0.25) is 0 Å². The second kappa shape index (κ2) is 6.14. The first-order valence-corrected chi connectivity index (χ1v) is 6.47. The molecule has 2 aromatic carbocycles. The van der Waals surface area contributed by atoms with Gasteiger partial charge in [0, 0.05) is 5.56 Å². The van der Waals surface area contributed by atoms with Gasteiger partial charge in [-0.15, -0.1) is 18.2 Å². The van der Waals surface area contributed by atoms with Gasteiger partial charge in [-0.3, -0.25) is 18.2 Å². The van der Waals surface area contributed by atoms with Crippen LogP contribution in [0.15, 0.2) is 49.0 Å². The molecule has 0 atom stereocenters. The summed E-state index contributed by atoms with van der Waals surface area (Å²) in [5.41, 5.74) is -1.74. The standard InChI is InChI=1S/C16H10BF6/c1-2-10-3-6-12(7-4-10)17-14-8-5-11(15(18,19)20)9-13(14)16(21,22)23/h2-9H,1H2/q-1. The zero-order valence-electron chi connectivity index (χ0n) is 11.7. The number of hydrogen-bond donors (Lipinski definition) is 0. The Bertz CT molecular complexity index is 698. The van der Waals surface area contributed by atoms with E-state index in [1.54, 1.807) is 30.3 Å². The van der Waals surface area contributed by atoms with Gasteiger partial charge < -0.3 is 0 Å². The molecule has 0 nitrogen and oxygen atoms in total. The van der Waals surface area contributed by atoms with Crippen LogP contribution in [0.3, 0.4) is 0 Å². The molecule has 2 radical (unpaired) electrons. The van der Waals surface area contributed by atoms with E-state index >= 15 is 0 Å². The normalized spacial score (nSPS) is 12.3. The monoisotopic (exact) mass is 327 g/mol. The van der Waals surface area contributed by atoms with E-state index in [0.717, 1.165) is 11.6 Å². The molecule has 0 spiro atoms. The molecule has 2 aromatic rings. The van der Waals surface area contributed by atoms with Crippen LogP contribution >= 0.6 is 0 Å². The largest absolute Gasteiger partial charge is 0.416 e. The summed E-state index contributed by atoms with van der Waals surface area (Å²) in [5.74, 6) is 0. The van der Waals surface area contributed by atoms with E-state index < -0.39 is 23.5 Å². The minimum atomic E-state index is -4.88. The van der Waals surface area contributed by atoms with E-state index in [0.29, 0.717) is 11.5 Å². The van der Waals surface area contributed by atoms with E-state index in [9.17, 15) is 26.3 Å². The van der Waals surface area contributed by atoms with E-state index in [1.807, 2.05) is 0 Å². The highest BCUT2D eigenvalue weighted by molar-refractivity contribution is 6.67. The Kier molecular flexibility index (Phi) is 4.59. The van der Waals surface area contributed by atoms with Crippen molar-refractivity contribution in [3.63, 3.8) is 0 Å². The summed E-state index contributed by atoms with van der Waals surface area (Å²) in [4.78, 5) is 0. The third-order valence-electron chi connectivity index (χ3n) is 3.18. The summed E-state index contributed by atoms with van der Waals surface area (Å²) < 4.78 is 76.9. The van der Waals surface area contributed by atoms with Crippen molar-refractivity contribution >= 4 is 24.3 Å². The fourth-order valence-corrected chi connectivity index (χ4v) is 2.01. The van der Waals surface area contributed by atoms with Crippen LogP contribution in [-0.4, -0.2) is 7.28 Å². The molecule has 0 aliphatic rings. The lowest BCUT2D eigenvalue weighted by molar-refractivity contribution is -0.142. The maximum absolute atomic E-state index is 13.0. The van der Waals surface area contributed by atoms with Gasteiger partial charge in [0.1, 0.15) is 0 Å². The minimum Gasteiger partial charge on any atom is -0.275 e. The highest BCUT2D eigenvalue weighted by Gasteiger charge is 2.35. The molecular weight excluding hydrogens is 317 g/mol. The van der Waals surface area contributed by atoms with Crippen LogP contribution in [-0.2, 0) is 12.4 Å². The van der Waals surface area contributed by atoms with Crippen molar-refractivity contribution in [2.24, 2.45) is 0 Å². The molecule has 0 aliphatic heterocycles. The lowest BCUT2D eigenvalue weighted by Crippen LogP contribution is -2.33. The van der Waals surface area contributed by atoms with Gasteiger partial charge in [0.25, 0.3) is 0 Å². The highest BCUT2D eigenvalue weighted by atomic mass is 19.4. The predicted molar refractivity (Wildman–Crippen MR) is 78.0 cm³/mol. The number of hydrogen-bond acceptors (Lipinski definition) is 0. The van der Waals surface area contributed by atoms with Crippen LogP contribution in [0.5, 0.6) is 0 Å². The van der Waals surface area contributed by atoms with Crippen molar-refractivity contribution < 1.29 is 26.3 Å². The molecule has 0 saturated heterocycles. The Balaban J connectivity index is 2.42. The lowest BCUT2D eigenvalue weighted by Gasteiger charge is -2.25. The minimum absolute atomic E-state index is 0.129. The Labute approximate surface area is 129 Å². The van der Waals surface area contributed by atoms with Crippen molar-refractivity contribution in [3.05, 3.63) is 65.7 Å². The molecule has 0 heterocycles. The molecular formula is C16H10BF6-. The molecule has 0 aliphatic carbocycles. The van der Waals surface area contributed by atoms with Crippen molar-refractivity contribution in [3.8, 4) is 0 Å².